The van der Waals surface area contributed by atoms with Gasteiger partial charge in [0.05, 0.1) is 25.0 Å². The van der Waals surface area contributed by atoms with Gasteiger partial charge in [-0.1, -0.05) is 18.2 Å². The van der Waals surface area contributed by atoms with Crippen molar-refractivity contribution in [2.24, 2.45) is 0 Å². The number of carbonyl (C=O) groups is 1. The van der Waals surface area contributed by atoms with Crippen molar-refractivity contribution in [1.82, 2.24) is 14.9 Å². The zero-order valence-electron chi connectivity index (χ0n) is 20.0. The zero-order valence-corrected chi connectivity index (χ0v) is 20.8. The second-order valence-corrected chi connectivity index (χ2v) is 10.9. The van der Waals surface area contributed by atoms with Crippen LogP contribution in [0.1, 0.15) is 56.9 Å². The third kappa shape index (κ3) is 8.25. The Balaban J connectivity index is 1.62. The van der Waals surface area contributed by atoms with E-state index in [1.807, 2.05) is 6.92 Å². The molecule has 198 valence electrons. The molecule has 2 amide bonds. The van der Waals surface area contributed by atoms with Crippen LogP contribution in [-0.2, 0) is 14.8 Å². The van der Waals surface area contributed by atoms with Crippen LogP contribution in [-0.4, -0.2) is 69.9 Å². The Kier molecular flexibility index (Phi) is 9.28. The van der Waals surface area contributed by atoms with Crippen molar-refractivity contribution in [1.29, 1.82) is 0 Å². The monoisotopic (exact) mass is 521 g/mol. The average molecular weight is 522 g/mol. The van der Waals surface area contributed by atoms with Gasteiger partial charge in [-0.3, -0.25) is 0 Å². The number of carbonyl (C=O) groups excluding carboxylic acids is 1. The molecular formula is C23H34F3N3O5S. The molecule has 0 radical (unpaired) electrons. The fourth-order valence-corrected chi connectivity index (χ4v) is 5.82. The Labute approximate surface area is 204 Å². The van der Waals surface area contributed by atoms with Crippen molar-refractivity contribution in [2.45, 2.75) is 75.9 Å². The van der Waals surface area contributed by atoms with E-state index < -0.39 is 28.5 Å². The van der Waals surface area contributed by atoms with Gasteiger partial charge in [0.2, 0.25) is 10.0 Å². The lowest BCUT2D eigenvalue weighted by Crippen LogP contribution is -2.60. The summed E-state index contributed by atoms with van der Waals surface area (Å²) in [7, 11) is -3.47. The van der Waals surface area contributed by atoms with E-state index in [-0.39, 0.29) is 30.4 Å². The third-order valence-corrected chi connectivity index (χ3v) is 7.23. The predicted octanol–water partition coefficient (Wildman–Crippen LogP) is 3.74. The summed E-state index contributed by atoms with van der Waals surface area (Å²) in [6.07, 6.45) is 0.0495. The first kappa shape index (κ1) is 27.5. The number of nitrogens with one attached hydrogen (secondary N) is 2. The van der Waals surface area contributed by atoms with Crippen LogP contribution in [0.25, 0.3) is 0 Å². The van der Waals surface area contributed by atoms with Crippen molar-refractivity contribution in [2.75, 3.05) is 26.0 Å². The minimum atomic E-state index is -4.75. The number of rotatable bonds is 8. The molecule has 0 bridgehead atoms. The van der Waals surface area contributed by atoms with Gasteiger partial charge in [-0.25, -0.2) is 17.9 Å². The van der Waals surface area contributed by atoms with E-state index in [9.17, 15) is 26.4 Å². The first-order valence-corrected chi connectivity index (χ1v) is 13.8. The van der Waals surface area contributed by atoms with Gasteiger partial charge in [-0.05, 0) is 63.0 Å². The Morgan fingerprint density at radius 1 is 1.14 bits per heavy atom. The quantitative estimate of drug-likeness (QED) is 0.543. The van der Waals surface area contributed by atoms with Crippen LogP contribution in [0.4, 0.5) is 18.0 Å². The van der Waals surface area contributed by atoms with Crippen LogP contribution in [0.5, 0.6) is 5.75 Å². The maximum absolute atomic E-state index is 12.8. The Morgan fingerprint density at radius 2 is 1.83 bits per heavy atom. The van der Waals surface area contributed by atoms with Crippen molar-refractivity contribution >= 4 is 16.1 Å². The molecule has 0 unspecified atom stereocenters. The zero-order chi connectivity index (χ0) is 25.6. The molecule has 1 heterocycles. The molecule has 1 aromatic rings. The molecule has 12 heteroatoms. The highest BCUT2D eigenvalue weighted by Gasteiger charge is 2.37. The molecule has 1 aromatic carbocycles. The van der Waals surface area contributed by atoms with E-state index in [2.05, 4.69) is 14.8 Å². The molecule has 3 rings (SSSR count). The molecule has 0 spiro atoms. The summed E-state index contributed by atoms with van der Waals surface area (Å²) in [5.74, 6) is -0.242. The molecule has 1 aliphatic heterocycles. The Hall–Kier alpha value is -2.05. The molecule has 1 saturated carbocycles. The lowest BCUT2D eigenvalue weighted by atomic mass is 9.82. The van der Waals surface area contributed by atoms with Gasteiger partial charge in [-0.2, -0.15) is 0 Å². The molecule has 2 aliphatic rings. The van der Waals surface area contributed by atoms with E-state index in [0.29, 0.717) is 57.2 Å². The number of hydrogen-bond donors (Lipinski definition) is 2. The van der Waals surface area contributed by atoms with E-state index in [1.165, 1.54) is 12.1 Å². The molecule has 1 aliphatic carbocycles. The molecule has 8 nitrogen and oxygen atoms in total. The first-order chi connectivity index (χ1) is 16.5. The molecule has 2 N–H and O–H groups in total. The predicted molar refractivity (Wildman–Crippen MR) is 125 cm³/mol. The highest BCUT2D eigenvalue weighted by molar-refractivity contribution is 7.88. The van der Waals surface area contributed by atoms with Crippen LogP contribution >= 0.6 is 0 Å². The number of ether oxygens (including phenoxy) is 2. The third-order valence-electron chi connectivity index (χ3n) is 6.49. The van der Waals surface area contributed by atoms with Crippen LogP contribution < -0.4 is 14.8 Å². The Bertz CT molecular complexity index is 952. The number of urea groups is 1. The smallest absolute Gasteiger partial charge is 0.405 e. The lowest BCUT2D eigenvalue weighted by molar-refractivity contribution is -0.275. The van der Waals surface area contributed by atoms with Gasteiger partial charge < -0.3 is 19.7 Å². The largest absolute Gasteiger partial charge is 0.573 e. The maximum atomic E-state index is 12.8. The van der Waals surface area contributed by atoms with Crippen molar-refractivity contribution in [3.8, 4) is 5.75 Å². The molecule has 2 atom stereocenters. The summed E-state index contributed by atoms with van der Waals surface area (Å²) < 4.78 is 75.1. The summed E-state index contributed by atoms with van der Waals surface area (Å²) in [6, 6.07) is 5.05. The van der Waals surface area contributed by atoms with Crippen molar-refractivity contribution in [3.05, 3.63) is 29.8 Å². The fraction of sp³-hybridized carbons (Fsp3) is 0.696. The summed E-state index contributed by atoms with van der Waals surface area (Å²) in [5, 5.41) is 2.77. The van der Waals surface area contributed by atoms with Crippen LogP contribution in [0.2, 0.25) is 0 Å². The number of benzene rings is 1. The number of hydrogen-bond acceptors (Lipinski definition) is 5. The highest BCUT2D eigenvalue weighted by Crippen LogP contribution is 2.40. The minimum absolute atomic E-state index is 0.0745. The van der Waals surface area contributed by atoms with E-state index in [4.69, 9.17) is 4.74 Å². The van der Waals surface area contributed by atoms with Gasteiger partial charge in [0.25, 0.3) is 0 Å². The first-order valence-electron chi connectivity index (χ1n) is 11.9. The number of sulfonamides is 1. The number of amides is 2. The van der Waals surface area contributed by atoms with E-state index >= 15 is 0 Å². The van der Waals surface area contributed by atoms with Crippen molar-refractivity contribution < 1.29 is 35.9 Å². The fourth-order valence-electron chi connectivity index (χ4n) is 4.99. The van der Waals surface area contributed by atoms with Gasteiger partial charge in [-0.15, -0.1) is 13.2 Å². The number of alkyl halides is 3. The van der Waals surface area contributed by atoms with Gasteiger partial charge in [0.15, 0.2) is 0 Å². The van der Waals surface area contributed by atoms with E-state index in [1.54, 1.807) is 17.0 Å². The van der Waals surface area contributed by atoms with Crippen LogP contribution in [0.15, 0.2) is 24.3 Å². The molecular weight excluding hydrogens is 487 g/mol. The summed E-state index contributed by atoms with van der Waals surface area (Å²) in [4.78, 5) is 14.2. The second-order valence-electron chi connectivity index (χ2n) is 9.13. The molecule has 0 aromatic heterocycles. The standard InChI is InChI=1S/C23H34F3N3O5S/c1-3-27-22(30)29-14-6-8-19(28-35(2,31)32)20(29)15-33-17-12-10-16(11-13-17)18-7-4-5-9-21(18)34-23(24,25)26/h4-5,7,9,16-17,19-20,28H,3,6,8,10-15H2,1-2H3,(H,27,30)/t16-,17+,19-,20-/m0/s1. The number of halogens is 3. The van der Waals surface area contributed by atoms with Gasteiger partial charge in [0.1, 0.15) is 5.75 Å². The summed E-state index contributed by atoms with van der Waals surface area (Å²) >= 11 is 0. The number of piperidine rings is 1. The second kappa shape index (κ2) is 11.8. The SMILES string of the molecule is CCNC(=O)N1CCC[C@H](NS(C)(=O)=O)[C@@H]1CO[C@H]1CC[C@@H](c2ccccc2OC(F)(F)F)CC1. The normalized spacial score (nSPS) is 25.8. The van der Waals surface area contributed by atoms with Crippen LogP contribution in [0, 0.1) is 0 Å². The van der Waals surface area contributed by atoms with Crippen molar-refractivity contribution in [3.63, 3.8) is 0 Å². The molecule has 35 heavy (non-hydrogen) atoms. The minimum Gasteiger partial charge on any atom is -0.405 e. The number of para-hydroxylation sites is 1. The Morgan fingerprint density at radius 3 is 2.46 bits per heavy atom. The molecule has 1 saturated heterocycles. The topological polar surface area (TPSA) is 97.0 Å². The average Bonchev–Trinajstić information content (AvgIpc) is 2.77. The lowest BCUT2D eigenvalue weighted by Gasteiger charge is -2.42. The number of nitrogens with zero attached hydrogens (tertiary/aromatic N) is 1. The number of likely N-dealkylation sites (tertiary alicyclic amines) is 1. The molecule has 2 fully saturated rings. The summed E-state index contributed by atoms with van der Waals surface area (Å²) in [6.45, 7) is 2.95. The van der Waals surface area contributed by atoms with Gasteiger partial charge >= 0.3 is 12.4 Å². The van der Waals surface area contributed by atoms with E-state index in [0.717, 1.165) is 6.26 Å². The van der Waals surface area contributed by atoms with Crippen LogP contribution in [0.3, 0.4) is 0 Å². The highest BCUT2D eigenvalue weighted by atomic mass is 32.2. The maximum Gasteiger partial charge on any atom is 0.573 e. The van der Waals surface area contributed by atoms with Gasteiger partial charge in [0, 0.05) is 19.1 Å². The summed E-state index contributed by atoms with van der Waals surface area (Å²) in [5.41, 5.74) is 0.537.